The van der Waals surface area contributed by atoms with E-state index >= 15 is 0 Å². The minimum atomic E-state index is 1.14. The van der Waals surface area contributed by atoms with Crippen LogP contribution in [0.3, 0.4) is 0 Å². The standard InChI is InChI=1S/C4H11N.C3H9N.C2H6/c1-4-5(2)3;1-4(2)3;1-2/h4H2,1-3H3;1-3H3;1-2H3. The zero-order chi connectivity index (χ0) is 9.86. The van der Waals surface area contributed by atoms with Gasteiger partial charge in [-0.25, -0.2) is 0 Å². The lowest BCUT2D eigenvalue weighted by molar-refractivity contribution is 0.434. The predicted molar refractivity (Wildman–Crippen MR) is 55.2 cm³/mol. The lowest BCUT2D eigenvalue weighted by Crippen LogP contribution is -2.08. The van der Waals surface area contributed by atoms with Crippen LogP contribution in [0.2, 0.25) is 0 Å². The maximum absolute atomic E-state index is 2.12. The van der Waals surface area contributed by atoms with Gasteiger partial charge >= 0.3 is 0 Å². The summed E-state index contributed by atoms with van der Waals surface area (Å²) < 4.78 is 0. The molecule has 0 rings (SSSR count). The molecule has 0 fully saturated rings. The van der Waals surface area contributed by atoms with E-state index in [-0.39, 0.29) is 0 Å². The molecule has 0 bridgehead atoms. The molecule has 72 valence electrons. The summed E-state index contributed by atoms with van der Waals surface area (Å²) in [6.07, 6.45) is 0. The van der Waals surface area contributed by atoms with Gasteiger partial charge in [0.1, 0.15) is 0 Å². The second kappa shape index (κ2) is 16.5. The maximum Gasteiger partial charge on any atom is -0.00533 e. The van der Waals surface area contributed by atoms with Gasteiger partial charge in [-0.15, -0.1) is 0 Å². The third-order valence-corrected chi connectivity index (χ3v) is 0.632. The zero-order valence-corrected chi connectivity index (χ0v) is 9.60. The molecule has 0 aliphatic carbocycles. The normalized spacial score (nSPS) is 8.18. The van der Waals surface area contributed by atoms with Gasteiger partial charge in [-0.1, -0.05) is 20.8 Å². The quantitative estimate of drug-likeness (QED) is 0.580. The first kappa shape index (κ1) is 17.1. The topological polar surface area (TPSA) is 6.48 Å². The Labute approximate surface area is 73.2 Å². The molecule has 0 saturated heterocycles. The highest BCUT2D eigenvalue weighted by Gasteiger charge is 1.72. The molecule has 0 heterocycles. The second-order valence-corrected chi connectivity index (χ2v) is 2.74. The fourth-order valence-corrected chi connectivity index (χ4v) is 0. The Bertz CT molecular complexity index is 40.1. The van der Waals surface area contributed by atoms with Crippen LogP contribution in [0, 0.1) is 0 Å². The maximum atomic E-state index is 2.12. The molecule has 0 unspecified atom stereocenters. The van der Waals surface area contributed by atoms with Crippen molar-refractivity contribution in [3.8, 4) is 0 Å². The molecule has 2 nitrogen and oxygen atoms in total. The molecule has 0 radical (unpaired) electrons. The summed E-state index contributed by atoms with van der Waals surface area (Å²) in [7, 11) is 10.1. The Kier molecular flexibility index (Phi) is 25.7. The lowest BCUT2D eigenvalue weighted by Gasteiger charge is -2.00. The van der Waals surface area contributed by atoms with Gasteiger partial charge in [0.25, 0.3) is 0 Å². The molecule has 0 N–H and O–H groups in total. The third kappa shape index (κ3) is 169. The molecule has 0 aliphatic rings. The molecular formula is C9H26N2. The summed E-state index contributed by atoms with van der Waals surface area (Å²) in [5.41, 5.74) is 0. The molecule has 11 heavy (non-hydrogen) atoms. The number of nitrogens with zero attached hydrogens (tertiary/aromatic N) is 2. The van der Waals surface area contributed by atoms with Crippen molar-refractivity contribution in [3.63, 3.8) is 0 Å². The van der Waals surface area contributed by atoms with Gasteiger partial charge < -0.3 is 9.80 Å². The average Bonchev–Trinajstić information content (AvgIpc) is 1.91. The Morgan fingerprint density at radius 2 is 0.909 bits per heavy atom. The summed E-state index contributed by atoms with van der Waals surface area (Å²) in [4.78, 5) is 4.12. The van der Waals surface area contributed by atoms with Gasteiger partial charge in [0.2, 0.25) is 0 Å². The molecule has 0 spiro atoms. The van der Waals surface area contributed by atoms with Crippen LogP contribution in [0.25, 0.3) is 0 Å². The zero-order valence-electron chi connectivity index (χ0n) is 9.60. The summed E-state index contributed by atoms with van der Waals surface area (Å²) in [6.45, 7) is 7.26. The van der Waals surface area contributed by atoms with Gasteiger partial charge in [-0.2, -0.15) is 0 Å². The number of hydrogen-bond acceptors (Lipinski definition) is 2. The van der Waals surface area contributed by atoms with E-state index in [0.717, 1.165) is 6.54 Å². The Morgan fingerprint density at radius 3 is 0.909 bits per heavy atom. The highest BCUT2D eigenvalue weighted by atomic mass is 15.0. The van der Waals surface area contributed by atoms with Crippen molar-refractivity contribution in [1.29, 1.82) is 0 Å². The van der Waals surface area contributed by atoms with Crippen LogP contribution >= 0.6 is 0 Å². The molecule has 0 aliphatic heterocycles. The second-order valence-electron chi connectivity index (χ2n) is 2.74. The van der Waals surface area contributed by atoms with Crippen molar-refractivity contribution in [3.05, 3.63) is 0 Å². The van der Waals surface area contributed by atoms with E-state index in [2.05, 4.69) is 25.9 Å². The van der Waals surface area contributed by atoms with Crippen molar-refractivity contribution >= 4 is 0 Å². The van der Waals surface area contributed by atoms with Crippen LogP contribution in [0.15, 0.2) is 0 Å². The van der Waals surface area contributed by atoms with Gasteiger partial charge in [0.15, 0.2) is 0 Å². The highest BCUT2D eigenvalue weighted by Crippen LogP contribution is 1.63. The van der Waals surface area contributed by atoms with E-state index in [9.17, 15) is 0 Å². The number of hydrogen-bond donors (Lipinski definition) is 0. The molecular weight excluding hydrogens is 136 g/mol. The van der Waals surface area contributed by atoms with Crippen molar-refractivity contribution in [2.45, 2.75) is 20.8 Å². The molecule has 0 atom stereocenters. The van der Waals surface area contributed by atoms with Crippen molar-refractivity contribution < 1.29 is 0 Å². The van der Waals surface area contributed by atoms with Gasteiger partial charge in [0, 0.05) is 0 Å². The summed E-state index contributed by atoms with van der Waals surface area (Å²) >= 11 is 0. The van der Waals surface area contributed by atoms with Crippen molar-refractivity contribution in [2.24, 2.45) is 0 Å². The van der Waals surface area contributed by atoms with Gasteiger partial charge in [-0.3, -0.25) is 0 Å². The van der Waals surface area contributed by atoms with E-state index in [0.29, 0.717) is 0 Å². The third-order valence-electron chi connectivity index (χ3n) is 0.632. The van der Waals surface area contributed by atoms with Crippen LogP contribution in [0.1, 0.15) is 20.8 Å². The Hall–Kier alpha value is -0.0800. The molecule has 2 heteroatoms. The van der Waals surface area contributed by atoms with Crippen LogP contribution in [0.4, 0.5) is 0 Å². The highest BCUT2D eigenvalue weighted by molar-refractivity contribution is 4.25. The number of rotatable bonds is 1. The van der Waals surface area contributed by atoms with Crippen molar-refractivity contribution in [2.75, 3.05) is 41.8 Å². The minimum Gasteiger partial charge on any atom is -0.312 e. The molecule has 0 aromatic rings. The Balaban J connectivity index is -0.0000000965. The Morgan fingerprint density at radius 1 is 0.818 bits per heavy atom. The van der Waals surface area contributed by atoms with E-state index in [4.69, 9.17) is 0 Å². The fourth-order valence-electron chi connectivity index (χ4n) is 0. The predicted octanol–water partition coefficient (Wildman–Crippen LogP) is 1.77. The first-order valence-electron chi connectivity index (χ1n) is 4.26. The summed E-state index contributed by atoms with van der Waals surface area (Å²) in [5.74, 6) is 0. The molecule has 0 saturated carbocycles. The average molecular weight is 162 g/mol. The largest absolute Gasteiger partial charge is 0.312 e. The van der Waals surface area contributed by atoms with Crippen LogP contribution in [-0.4, -0.2) is 51.6 Å². The summed E-state index contributed by atoms with van der Waals surface area (Å²) in [6, 6.07) is 0. The SMILES string of the molecule is CC.CCN(C)C.CN(C)C. The molecule has 0 amide bonds. The van der Waals surface area contributed by atoms with Crippen LogP contribution < -0.4 is 0 Å². The van der Waals surface area contributed by atoms with Crippen molar-refractivity contribution in [1.82, 2.24) is 9.80 Å². The van der Waals surface area contributed by atoms with Gasteiger partial charge in [0.05, 0.1) is 0 Å². The summed E-state index contributed by atoms with van der Waals surface area (Å²) in [5, 5.41) is 0. The minimum absolute atomic E-state index is 1.14. The smallest absolute Gasteiger partial charge is 0.00533 e. The molecule has 0 aromatic carbocycles. The van der Waals surface area contributed by atoms with Crippen LogP contribution in [-0.2, 0) is 0 Å². The van der Waals surface area contributed by atoms with E-state index in [1.807, 2.05) is 39.9 Å². The fraction of sp³-hybridized carbons (Fsp3) is 1.00. The van der Waals surface area contributed by atoms with E-state index < -0.39 is 0 Å². The molecule has 0 aromatic heterocycles. The monoisotopic (exact) mass is 162 g/mol. The first-order valence-corrected chi connectivity index (χ1v) is 4.26. The van der Waals surface area contributed by atoms with E-state index in [1.54, 1.807) is 0 Å². The van der Waals surface area contributed by atoms with E-state index in [1.165, 1.54) is 0 Å². The van der Waals surface area contributed by atoms with Gasteiger partial charge in [-0.05, 0) is 41.8 Å². The first-order chi connectivity index (χ1) is 5.00. The van der Waals surface area contributed by atoms with Crippen LogP contribution in [0.5, 0.6) is 0 Å². The lowest BCUT2D eigenvalue weighted by atomic mass is 10.7.